The molecule has 0 bridgehead atoms. The fraction of sp³-hybridized carbons (Fsp3) is 0.294. The minimum absolute atomic E-state index is 0.0711. The minimum Gasteiger partial charge on any atom is -0.379 e. The summed E-state index contributed by atoms with van der Waals surface area (Å²) in [5.74, 6) is 0.554. The molecule has 1 amide bonds. The lowest BCUT2D eigenvalue weighted by Gasteiger charge is -2.34. The molecule has 1 saturated heterocycles. The molecule has 0 radical (unpaired) electrons. The van der Waals surface area contributed by atoms with Gasteiger partial charge in [-0.15, -0.1) is 0 Å². The first-order valence-corrected chi connectivity index (χ1v) is 7.53. The van der Waals surface area contributed by atoms with Gasteiger partial charge < -0.3 is 4.74 Å². The summed E-state index contributed by atoms with van der Waals surface area (Å²) in [7, 11) is 0. The SMILES string of the molecule is O=C1C(c2ccccc2)c2cccnc2N1N1CCOCC1. The largest absolute Gasteiger partial charge is 0.379 e. The van der Waals surface area contributed by atoms with E-state index in [4.69, 9.17) is 4.74 Å². The highest BCUT2D eigenvalue weighted by atomic mass is 16.5. The van der Waals surface area contributed by atoms with Crippen molar-refractivity contribution in [1.29, 1.82) is 0 Å². The van der Waals surface area contributed by atoms with Crippen LogP contribution in [0.4, 0.5) is 5.82 Å². The number of benzene rings is 1. The monoisotopic (exact) mass is 295 g/mol. The first-order chi connectivity index (χ1) is 10.9. The van der Waals surface area contributed by atoms with Gasteiger partial charge >= 0.3 is 0 Å². The van der Waals surface area contributed by atoms with Gasteiger partial charge in [0.2, 0.25) is 0 Å². The van der Waals surface area contributed by atoms with Gasteiger partial charge in [0.25, 0.3) is 5.91 Å². The topological polar surface area (TPSA) is 45.7 Å². The molecule has 22 heavy (non-hydrogen) atoms. The van der Waals surface area contributed by atoms with E-state index in [0.29, 0.717) is 26.3 Å². The summed E-state index contributed by atoms with van der Waals surface area (Å²) in [6.45, 7) is 2.70. The smallest absolute Gasteiger partial charge is 0.255 e. The second-order valence-electron chi connectivity index (χ2n) is 5.48. The van der Waals surface area contributed by atoms with Gasteiger partial charge in [-0.3, -0.25) is 4.79 Å². The fourth-order valence-electron chi connectivity index (χ4n) is 3.17. The molecule has 2 aliphatic heterocycles. The van der Waals surface area contributed by atoms with Crippen LogP contribution < -0.4 is 5.01 Å². The number of morpholine rings is 1. The van der Waals surface area contributed by atoms with E-state index in [0.717, 1.165) is 16.9 Å². The Morgan fingerprint density at radius 1 is 1.05 bits per heavy atom. The van der Waals surface area contributed by atoms with E-state index >= 15 is 0 Å². The van der Waals surface area contributed by atoms with Gasteiger partial charge in [-0.1, -0.05) is 36.4 Å². The summed E-state index contributed by atoms with van der Waals surface area (Å²) in [6.07, 6.45) is 1.74. The van der Waals surface area contributed by atoms with Crippen LogP contribution >= 0.6 is 0 Å². The second kappa shape index (κ2) is 5.51. The van der Waals surface area contributed by atoms with Crippen molar-refractivity contribution in [3.63, 3.8) is 0 Å². The number of hydrazine groups is 1. The Morgan fingerprint density at radius 3 is 2.59 bits per heavy atom. The molecule has 5 heteroatoms. The molecule has 1 unspecified atom stereocenters. The van der Waals surface area contributed by atoms with Gasteiger partial charge in [0.05, 0.1) is 19.1 Å². The van der Waals surface area contributed by atoms with E-state index < -0.39 is 0 Å². The summed E-state index contributed by atoms with van der Waals surface area (Å²) >= 11 is 0. The van der Waals surface area contributed by atoms with Crippen LogP contribution in [0.5, 0.6) is 0 Å². The molecular weight excluding hydrogens is 278 g/mol. The summed E-state index contributed by atoms with van der Waals surface area (Å²) in [5.41, 5.74) is 1.99. The third-order valence-electron chi connectivity index (χ3n) is 4.19. The lowest BCUT2D eigenvalue weighted by molar-refractivity contribution is -0.122. The van der Waals surface area contributed by atoms with Crippen molar-refractivity contribution in [2.75, 3.05) is 31.3 Å². The number of ether oxygens (including phenoxy) is 1. The Bertz CT molecular complexity index is 683. The van der Waals surface area contributed by atoms with Crippen molar-refractivity contribution in [3.8, 4) is 0 Å². The van der Waals surface area contributed by atoms with E-state index in [9.17, 15) is 4.79 Å². The van der Waals surface area contributed by atoms with E-state index in [1.165, 1.54) is 0 Å². The number of anilines is 1. The summed E-state index contributed by atoms with van der Waals surface area (Å²) in [4.78, 5) is 17.5. The van der Waals surface area contributed by atoms with Crippen molar-refractivity contribution in [1.82, 2.24) is 9.99 Å². The quantitative estimate of drug-likeness (QED) is 0.847. The number of fused-ring (bicyclic) bond motifs is 1. The molecule has 1 aromatic carbocycles. The van der Waals surface area contributed by atoms with Gasteiger partial charge in [0, 0.05) is 24.8 Å². The molecule has 3 heterocycles. The Labute approximate surface area is 129 Å². The number of amides is 1. The molecule has 0 aliphatic carbocycles. The second-order valence-corrected chi connectivity index (χ2v) is 5.48. The van der Waals surface area contributed by atoms with Crippen LogP contribution in [0, 0.1) is 0 Å². The number of pyridine rings is 1. The van der Waals surface area contributed by atoms with E-state index in [-0.39, 0.29) is 11.8 Å². The molecule has 0 N–H and O–H groups in total. The number of hydrogen-bond donors (Lipinski definition) is 0. The van der Waals surface area contributed by atoms with E-state index in [2.05, 4.69) is 4.98 Å². The maximum Gasteiger partial charge on any atom is 0.255 e. The summed E-state index contributed by atoms with van der Waals surface area (Å²) in [5, 5.41) is 3.79. The van der Waals surface area contributed by atoms with Crippen LogP contribution in [0.15, 0.2) is 48.7 Å². The molecule has 2 aromatic rings. The normalized spacial score (nSPS) is 21.9. The van der Waals surface area contributed by atoms with Crippen molar-refractivity contribution in [2.24, 2.45) is 0 Å². The third kappa shape index (κ3) is 2.10. The molecule has 112 valence electrons. The Morgan fingerprint density at radius 2 is 1.82 bits per heavy atom. The zero-order valence-corrected chi connectivity index (χ0v) is 12.2. The van der Waals surface area contributed by atoms with Crippen LogP contribution in [0.25, 0.3) is 0 Å². The van der Waals surface area contributed by atoms with Crippen molar-refractivity contribution in [3.05, 3.63) is 59.8 Å². The maximum atomic E-state index is 13.1. The van der Waals surface area contributed by atoms with Gasteiger partial charge in [-0.05, 0) is 11.6 Å². The molecular formula is C17H17N3O2. The fourth-order valence-corrected chi connectivity index (χ4v) is 3.17. The van der Waals surface area contributed by atoms with E-state index in [1.54, 1.807) is 11.2 Å². The van der Waals surface area contributed by atoms with E-state index in [1.807, 2.05) is 47.5 Å². The number of aromatic nitrogens is 1. The highest BCUT2D eigenvalue weighted by molar-refractivity contribution is 6.05. The van der Waals surface area contributed by atoms with Crippen molar-refractivity contribution < 1.29 is 9.53 Å². The zero-order chi connectivity index (χ0) is 14.9. The predicted octanol–water partition coefficient (Wildman–Crippen LogP) is 1.81. The van der Waals surface area contributed by atoms with Crippen molar-refractivity contribution in [2.45, 2.75) is 5.92 Å². The highest BCUT2D eigenvalue weighted by Crippen LogP contribution is 2.40. The number of carbonyl (C=O) groups excluding carboxylic acids is 1. The molecule has 0 spiro atoms. The molecule has 1 fully saturated rings. The van der Waals surface area contributed by atoms with Gasteiger partial charge in [0.1, 0.15) is 0 Å². The highest BCUT2D eigenvalue weighted by Gasteiger charge is 2.42. The standard InChI is InChI=1S/C17H17N3O2/c21-17-15(13-5-2-1-3-6-13)14-7-4-8-18-16(14)20(17)19-9-11-22-12-10-19/h1-8,15H,9-12H2. The molecule has 1 atom stereocenters. The first kappa shape index (κ1) is 13.4. The molecule has 4 rings (SSSR count). The van der Waals surface area contributed by atoms with Crippen LogP contribution in [0.3, 0.4) is 0 Å². The molecule has 2 aliphatic rings. The maximum absolute atomic E-state index is 13.1. The molecule has 1 aromatic heterocycles. The Balaban J connectivity index is 1.78. The average Bonchev–Trinajstić information content (AvgIpc) is 2.88. The van der Waals surface area contributed by atoms with Crippen molar-refractivity contribution >= 4 is 11.7 Å². The number of carbonyl (C=O) groups is 1. The molecule has 5 nitrogen and oxygen atoms in total. The minimum atomic E-state index is -0.271. The van der Waals surface area contributed by atoms with Gasteiger partial charge in [0.15, 0.2) is 5.82 Å². The Hall–Kier alpha value is -2.24. The average molecular weight is 295 g/mol. The van der Waals surface area contributed by atoms with Crippen LogP contribution in [-0.4, -0.2) is 42.2 Å². The zero-order valence-electron chi connectivity index (χ0n) is 12.2. The Kier molecular flexibility index (Phi) is 3.36. The summed E-state index contributed by atoms with van der Waals surface area (Å²) < 4.78 is 5.39. The number of rotatable bonds is 2. The number of hydrogen-bond acceptors (Lipinski definition) is 4. The number of nitrogens with zero attached hydrogens (tertiary/aromatic N) is 3. The van der Waals surface area contributed by atoms with Gasteiger partial charge in [-0.2, -0.15) is 0 Å². The van der Waals surface area contributed by atoms with Crippen LogP contribution in [0.1, 0.15) is 17.0 Å². The van der Waals surface area contributed by atoms with Crippen LogP contribution in [-0.2, 0) is 9.53 Å². The molecule has 0 saturated carbocycles. The van der Waals surface area contributed by atoms with Gasteiger partial charge in [-0.25, -0.2) is 15.0 Å². The third-order valence-corrected chi connectivity index (χ3v) is 4.19. The van der Waals surface area contributed by atoms with Crippen LogP contribution in [0.2, 0.25) is 0 Å². The lowest BCUT2D eigenvalue weighted by Crippen LogP contribution is -2.51. The first-order valence-electron chi connectivity index (χ1n) is 7.53. The predicted molar refractivity (Wildman–Crippen MR) is 82.4 cm³/mol. The summed E-state index contributed by atoms with van der Waals surface area (Å²) in [6, 6.07) is 13.8. The lowest BCUT2D eigenvalue weighted by atomic mass is 9.94.